The van der Waals surface area contributed by atoms with E-state index in [0.29, 0.717) is 5.69 Å². The molecule has 0 aliphatic heterocycles. The lowest BCUT2D eigenvalue weighted by atomic mass is 10.1. The van der Waals surface area contributed by atoms with Gasteiger partial charge in [0.25, 0.3) is 0 Å². The van der Waals surface area contributed by atoms with Crippen molar-refractivity contribution in [3.8, 4) is 0 Å². The molecule has 1 heterocycles. The summed E-state index contributed by atoms with van der Waals surface area (Å²) in [6, 6.07) is 10.1. The fourth-order valence-corrected chi connectivity index (χ4v) is 1.73. The van der Waals surface area contributed by atoms with Crippen molar-refractivity contribution in [1.29, 1.82) is 0 Å². The minimum absolute atomic E-state index is 0.143. The summed E-state index contributed by atoms with van der Waals surface area (Å²) < 4.78 is 0. The van der Waals surface area contributed by atoms with Crippen LogP contribution in [0.4, 0.5) is 5.69 Å². The third-order valence-electron chi connectivity index (χ3n) is 2.79. The van der Waals surface area contributed by atoms with Crippen LogP contribution < -0.4 is 10.7 Å². The molecule has 0 amide bonds. The molecule has 1 aromatic carbocycles. The van der Waals surface area contributed by atoms with Gasteiger partial charge in [0.2, 0.25) is 5.43 Å². The maximum atomic E-state index is 12.1. The predicted octanol–water partition coefficient (Wildman–Crippen LogP) is 2.38. The van der Waals surface area contributed by atoms with E-state index in [1.807, 2.05) is 0 Å². The number of anilines is 1. The second-order valence-electron chi connectivity index (χ2n) is 4.10. The largest absolute Gasteiger partial charge is 0.385 e. The SMILES string of the molecule is CNc1ccccc(C(=O)C=Cc2ccncc2)c1=O. The molecule has 0 aliphatic rings. The first-order valence-corrected chi connectivity index (χ1v) is 6.16. The molecule has 0 spiro atoms. The highest BCUT2D eigenvalue weighted by Crippen LogP contribution is 2.04. The molecule has 0 unspecified atom stereocenters. The number of carbonyl (C=O) groups excluding carboxylic acids is 1. The normalized spacial score (nSPS) is 10.4. The number of carbonyl (C=O) groups is 1. The number of allylic oxidation sites excluding steroid dienone is 1. The fourth-order valence-electron chi connectivity index (χ4n) is 1.73. The van der Waals surface area contributed by atoms with Crippen molar-refractivity contribution in [2.75, 3.05) is 12.4 Å². The summed E-state index contributed by atoms with van der Waals surface area (Å²) in [4.78, 5) is 28.1. The van der Waals surface area contributed by atoms with Gasteiger partial charge in [0.1, 0.15) is 0 Å². The van der Waals surface area contributed by atoms with Crippen molar-refractivity contribution in [1.82, 2.24) is 4.98 Å². The molecule has 4 heteroatoms. The van der Waals surface area contributed by atoms with E-state index < -0.39 is 0 Å². The number of hydrogen-bond donors (Lipinski definition) is 1. The lowest BCUT2D eigenvalue weighted by Gasteiger charge is -1.96. The number of nitrogens with one attached hydrogen (secondary N) is 1. The first-order chi connectivity index (χ1) is 9.72. The van der Waals surface area contributed by atoms with Gasteiger partial charge in [0.15, 0.2) is 5.78 Å². The molecule has 20 heavy (non-hydrogen) atoms. The van der Waals surface area contributed by atoms with Crippen molar-refractivity contribution in [3.63, 3.8) is 0 Å². The minimum atomic E-state index is -0.320. The maximum Gasteiger partial charge on any atom is 0.212 e. The second-order valence-corrected chi connectivity index (χ2v) is 4.10. The average molecular weight is 266 g/mol. The minimum Gasteiger partial charge on any atom is -0.385 e. The number of aromatic nitrogens is 1. The van der Waals surface area contributed by atoms with Gasteiger partial charge in [-0.1, -0.05) is 18.2 Å². The summed E-state index contributed by atoms with van der Waals surface area (Å²) in [5, 5.41) is 2.79. The molecular weight excluding hydrogens is 252 g/mol. The van der Waals surface area contributed by atoms with Crippen LogP contribution in [0.15, 0.2) is 59.7 Å². The Hall–Kier alpha value is -2.75. The topological polar surface area (TPSA) is 59.1 Å². The van der Waals surface area contributed by atoms with Gasteiger partial charge in [-0.2, -0.15) is 0 Å². The molecule has 1 aromatic heterocycles. The second kappa shape index (κ2) is 6.43. The van der Waals surface area contributed by atoms with Gasteiger partial charge in [-0.3, -0.25) is 14.6 Å². The third kappa shape index (κ3) is 3.17. The van der Waals surface area contributed by atoms with E-state index >= 15 is 0 Å². The van der Waals surface area contributed by atoms with Gasteiger partial charge in [-0.15, -0.1) is 0 Å². The van der Waals surface area contributed by atoms with Crippen molar-refractivity contribution >= 4 is 17.5 Å². The Labute approximate surface area is 116 Å². The van der Waals surface area contributed by atoms with E-state index in [0.717, 1.165) is 5.56 Å². The Morgan fingerprint density at radius 1 is 1.15 bits per heavy atom. The fraction of sp³-hybridized carbons (Fsp3) is 0.0625. The molecular formula is C16H14N2O2. The monoisotopic (exact) mass is 266 g/mol. The van der Waals surface area contributed by atoms with Crippen molar-refractivity contribution in [2.45, 2.75) is 0 Å². The first kappa shape index (κ1) is 13.7. The quantitative estimate of drug-likeness (QED) is 0.682. The van der Waals surface area contributed by atoms with Gasteiger partial charge < -0.3 is 5.32 Å². The van der Waals surface area contributed by atoms with Crippen LogP contribution in [0.25, 0.3) is 6.08 Å². The van der Waals surface area contributed by atoms with Crippen molar-refractivity contribution in [3.05, 3.63) is 76.2 Å². The number of ketones is 1. The third-order valence-corrected chi connectivity index (χ3v) is 2.79. The van der Waals surface area contributed by atoms with Crippen LogP contribution in [0.2, 0.25) is 0 Å². The molecule has 0 aliphatic carbocycles. The highest BCUT2D eigenvalue weighted by molar-refractivity contribution is 6.07. The smallest absolute Gasteiger partial charge is 0.212 e. The van der Waals surface area contributed by atoms with Gasteiger partial charge in [0.05, 0.1) is 11.3 Å². The molecule has 100 valence electrons. The summed E-state index contributed by atoms with van der Waals surface area (Å²) >= 11 is 0. The zero-order valence-corrected chi connectivity index (χ0v) is 11.0. The molecule has 0 saturated heterocycles. The molecule has 1 N–H and O–H groups in total. The van der Waals surface area contributed by atoms with Crippen LogP contribution in [0.1, 0.15) is 15.9 Å². The standard InChI is InChI=1S/C16H14N2O2/c1-17-14-5-3-2-4-13(16(14)20)15(19)7-6-12-8-10-18-11-9-12/h2-11H,1H3,(H,17,20). The maximum absolute atomic E-state index is 12.1. The predicted molar refractivity (Wildman–Crippen MR) is 79.9 cm³/mol. The highest BCUT2D eigenvalue weighted by atomic mass is 16.1. The molecule has 2 rings (SSSR count). The summed E-state index contributed by atoms with van der Waals surface area (Å²) in [6.07, 6.45) is 6.34. The summed E-state index contributed by atoms with van der Waals surface area (Å²) in [5.41, 5.74) is 1.09. The molecule has 0 saturated carbocycles. The van der Waals surface area contributed by atoms with Crippen molar-refractivity contribution in [2.24, 2.45) is 0 Å². The zero-order valence-electron chi connectivity index (χ0n) is 11.0. The van der Waals surface area contributed by atoms with Gasteiger partial charge in [-0.25, -0.2) is 0 Å². The van der Waals surface area contributed by atoms with E-state index in [2.05, 4.69) is 10.3 Å². The number of rotatable bonds is 4. The van der Waals surface area contributed by atoms with Crippen LogP contribution in [0, 0.1) is 0 Å². The molecule has 0 atom stereocenters. The Balaban J connectivity index is 2.34. The van der Waals surface area contributed by atoms with E-state index in [1.54, 1.807) is 55.8 Å². The number of nitrogens with zero attached hydrogens (tertiary/aromatic N) is 1. The average Bonchev–Trinajstić information content (AvgIpc) is 2.67. The zero-order chi connectivity index (χ0) is 14.4. The van der Waals surface area contributed by atoms with Gasteiger partial charge >= 0.3 is 0 Å². The molecule has 2 aromatic rings. The van der Waals surface area contributed by atoms with E-state index in [-0.39, 0.29) is 16.8 Å². The summed E-state index contributed by atoms with van der Waals surface area (Å²) in [7, 11) is 1.65. The van der Waals surface area contributed by atoms with Crippen LogP contribution in [0.5, 0.6) is 0 Å². The molecule has 0 bridgehead atoms. The number of hydrogen-bond acceptors (Lipinski definition) is 4. The molecule has 0 fully saturated rings. The van der Waals surface area contributed by atoms with Crippen LogP contribution in [0.3, 0.4) is 0 Å². The summed E-state index contributed by atoms with van der Waals surface area (Å²) in [6.45, 7) is 0. The van der Waals surface area contributed by atoms with Gasteiger partial charge in [0, 0.05) is 19.4 Å². The lowest BCUT2D eigenvalue weighted by molar-refractivity contribution is 0.104. The lowest BCUT2D eigenvalue weighted by Crippen LogP contribution is -2.14. The van der Waals surface area contributed by atoms with E-state index in [9.17, 15) is 9.59 Å². The van der Waals surface area contributed by atoms with E-state index in [4.69, 9.17) is 0 Å². The Morgan fingerprint density at radius 2 is 1.85 bits per heavy atom. The number of pyridine rings is 1. The molecule has 0 radical (unpaired) electrons. The summed E-state index contributed by atoms with van der Waals surface area (Å²) in [5.74, 6) is -0.320. The van der Waals surface area contributed by atoms with Crippen LogP contribution in [-0.2, 0) is 0 Å². The molecule has 4 nitrogen and oxygen atoms in total. The Kier molecular flexibility index (Phi) is 4.39. The van der Waals surface area contributed by atoms with Gasteiger partial charge in [-0.05, 0) is 35.9 Å². The Bertz CT molecular complexity index is 694. The van der Waals surface area contributed by atoms with Crippen LogP contribution >= 0.6 is 0 Å². The van der Waals surface area contributed by atoms with Crippen molar-refractivity contribution < 1.29 is 4.79 Å². The van der Waals surface area contributed by atoms with E-state index in [1.165, 1.54) is 12.1 Å². The highest BCUT2D eigenvalue weighted by Gasteiger charge is 2.08. The first-order valence-electron chi connectivity index (χ1n) is 6.16. The Morgan fingerprint density at radius 3 is 2.55 bits per heavy atom. The van der Waals surface area contributed by atoms with Crippen LogP contribution in [-0.4, -0.2) is 17.8 Å².